The number of nitro groups is 2. The van der Waals surface area contributed by atoms with Gasteiger partial charge in [-0.2, -0.15) is 0 Å². The molecule has 0 bridgehead atoms. The summed E-state index contributed by atoms with van der Waals surface area (Å²) in [5.41, 5.74) is -1.38. The molecule has 0 aromatic heterocycles. The van der Waals surface area contributed by atoms with E-state index in [1.54, 1.807) is 0 Å². The molecule has 0 aliphatic carbocycles. The minimum atomic E-state index is -4.38. The van der Waals surface area contributed by atoms with E-state index in [2.05, 4.69) is 0 Å². The van der Waals surface area contributed by atoms with E-state index in [1.165, 1.54) is 6.92 Å². The zero-order valence-corrected chi connectivity index (χ0v) is 13.5. The van der Waals surface area contributed by atoms with Gasteiger partial charge in [0, 0.05) is 6.07 Å². The lowest BCUT2D eigenvalue weighted by atomic mass is 10.2. The number of aryl methyl sites for hydroxylation is 1. The van der Waals surface area contributed by atoms with Gasteiger partial charge in [0.05, 0.1) is 25.8 Å². The lowest BCUT2D eigenvalue weighted by Gasteiger charge is -2.08. The van der Waals surface area contributed by atoms with Gasteiger partial charge in [-0.05, 0) is 30.7 Å². The number of hydrogen-bond donors (Lipinski definition) is 1. The van der Waals surface area contributed by atoms with Crippen LogP contribution < -0.4 is 0 Å². The molecule has 0 aliphatic rings. The van der Waals surface area contributed by atoms with Crippen LogP contribution in [-0.2, 0) is 9.84 Å². The fourth-order valence-corrected chi connectivity index (χ4v) is 3.82. The van der Waals surface area contributed by atoms with Gasteiger partial charge in [0.2, 0.25) is 9.84 Å². The smallest absolute Gasteiger partial charge is 0.295 e. The molecule has 0 amide bonds. The Labute approximate surface area is 140 Å². The predicted octanol–water partition coefficient (Wildman–Crippen LogP) is 3.00. The Balaban J connectivity index is 2.74. The minimum Gasteiger partial charge on any atom is -0.506 e. The van der Waals surface area contributed by atoms with Crippen LogP contribution in [0.25, 0.3) is 0 Å². The van der Waals surface area contributed by atoms with Crippen molar-refractivity contribution >= 4 is 32.8 Å². The summed E-state index contributed by atoms with van der Waals surface area (Å²) in [5.74, 6) is -0.311. The highest BCUT2D eigenvalue weighted by Gasteiger charge is 2.30. The van der Waals surface area contributed by atoms with Gasteiger partial charge < -0.3 is 5.11 Å². The van der Waals surface area contributed by atoms with Gasteiger partial charge in [0.25, 0.3) is 11.4 Å². The maximum atomic E-state index is 12.6. The third-order valence-corrected chi connectivity index (χ3v) is 5.25. The number of aromatic hydroxyl groups is 1. The third-order valence-electron chi connectivity index (χ3n) is 3.18. The SMILES string of the molecule is Cc1cc(S(=O)(=O)c2ccc([N+](=O)[O-])cc2[N+](=O)[O-])cc(Cl)c1O. The molecule has 0 saturated heterocycles. The predicted molar refractivity (Wildman–Crippen MR) is 83.1 cm³/mol. The van der Waals surface area contributed by atoms with Crippen LogP contribution in [0.1, 0.15) is 5.56 Å². The second-order valence-electron chi connectivity index (χ2n) is 4.74. The Morgan fingerprint density at radius 2 is 1.71 bits per heavy atom. The van der Waals surface area contributed by atoms with Crippen LogP contribution in [0, 0.1) is 27.2 Å². The first-order valence-corrected chi connectivity index (χ1v) is 8.09. The standard InChI is InChI=1S/C13H9ClN2O7S/c1-7-4-9(6-10(14)13(7)17)24(22,23)12-3-2-8(15(18)19)5-11(12)16(20)21/h2-6,17H,1H3. The highest BCUT2D eigenvalue weighted by Crippen LogP contribution is 2.36. The highest BCUT2D eigenvalue weighted by molar-refractivity contribution is 7.91. The summed E-state index contributed by atoms with van der Waals surface area (Å²) in [6.45, 7) is 1.41. The number of phenols is 1. The van der Waals surface area contributed by atoms with Crippen LogP contribution in [0.5, 0.6) is 5.75 Å². The van der Waals surface area contributed by atoms with Crippen molar-refractivity contribution in [1.29, 1.82) is 0 Å². The minimum absolute atomic E-state index is 0.158. The fourth-order valence-electron chi connectivity index (χ4n) is 1.98. The normalized spacial score (nSPS) is 11.2. The van der Waals surface area contributed by atoms with Crippen LogP contribution in [0.2, 0.25) is 5.02 Å². The Morgan fingerprint density at radius 3 is 2.21 bits per heavy atom. The summed E-state index contributed by atoms with van der Waals surface area (Å²) in [6.07, 6.45) is 0. The zero-order chi connectivity index (χ0) is 18.2. The van der Waals surface area contributed by atoms with Crippen molar-refractivity contribution in [3.63, 3.8) is 0 Å². The van der Waals surface area contributed by atoms with E-state index in [0.717, 1.165) is 24.3 Å². The van der Waals surface area contributed by atoms with Crippen molar-refractivity contribution < 1.29 is 23.4 Å². The molecule has 0 atom stereocenters. The van der Waals surface area contributed by atoms with E-state index in [-0.39, 0.29) is 21.2 Å². The summed E-state index contributed by atoms with van der Waals surface area (Å²) < 4.78 is 25.3. The van der Waals surface area contributed by atoms with E-state index in [4.69, 9.17) is 11.6 Å². The molecule has 2 rings (SSSR count). The molecule has 24 heavy (non-hydrogen) atoms. The lowest BCUT2D eigenvalue weighted by Crippen LogP contribution is -2.07. The summed E-state index contributed by atoms with van der Waals surface area (Å²) in [5, 5.41) is 31.2. The molecule has 0 heterocycles. The molecule has 0 radical (unpaired) electrons. The van der Waals surface area contributed by atoms with Gasteiger partial charge in [-0.25, -0.2) is 8.42 Å². The molecule has 11 heteroatoms. The molecule has 0 saturated carbocycles. The molecular formula is C13H9ClN2O7S. The summed E-state index contributed by atoms with van der Waals surface area (Å²) in [4.78, 5) is 18.9. The molecular weight excluding hydrogens is 364 g/mol. The van der Waals surface area contributed by atoms with Crippen molar-refractivity contribution in [1.82, 2.24) is 0 Å². The van der Waals surface area contributed by atoms with Crippen molar-refractivity contribution in [2.45, 2.75) is 16.7 Å². The average Bonchev–Trinajstić information content (AvgIpc) is 2.51. The second-order valence-corrected chi connectivity index (χ2v) is 7.07. The Kier molecular flexibility index (Phi) is 4.45. The maximum Gasteiger partial charge on any atom is 0.295 e. The number of non-ortho nitro benzene ring substituents is 1. The van der Waals surface area contributed by atoms with Crippen molar-refractivity contribution in [2.75, 3.05) is 0 Å². The molecule has 0 spiro atoms. The summed E-state index contributed by atoms with van der Waals surface area (Å²) in [7, 11) is -4.38. The van der Waals surface area contributed by atoms with Crippen LogP contribution in [0.4, 0.5) is 11.4 Å². The Hall–Kier alpha value is -2.72. The number of halogens is 1. The van der Waals surface area contributed by atoms with Crippen molar-refractivity contribution in [2.24, 2.45) is 0 Å². The van der Waals surface area contributed by atoms with E-state index in [1.807, 2.05) is 0 Å². The van der Waals surface area contributed by atoms with E-state index in [0.29, 0.717) is 6.07 Å². The zero-order valence-electron chi connectivity index (χ0n) is 12.0. The number of nitrogens with zero attached hydrogens (tertiary/aromatic N) is 2. The van der Waals surface area contributed by atoms with E-state index in [9.17, 15) is 33.8 Å². The maximum absolute atomic E-state index is 12.6. The fraction of sp³-hybridized carbons (Fsp3) is 0.0769. The van der Waals surface area contributed by atoms with Gasteiger partial charge in [-0.15, -0.1) is 0 Å². The monoisotopic (exact) mass is 372 g/mol. The second kappa shape index (κ2) is 6.06. The third kappa shape index (κ3) is 3.01. The van der Waals surface area contributed by atoms with Gasteiger partial charge in [-0.1, -0.05) is 11.6 Å². The molecule has 0 fully saturated rings. The summed E-state index contributed by atoms with van der Waals surface area (Å²) in [6, 6.07) is 4.27. The van der Waals surface area contributed by atoms with Crippen molar-refractivity contribution in [3.8, 4) is 5.75 Å². The van der Waals surface area contributed by atoms with Gasteiger partial charge in [0.15, 0.2) is 0 Å². The number of nitro benzene ring substituents is 2. The molecule has 2 aromatic rings. The van der Waals surface area contributed by atoms with Crippen molar-refractivity contribution in [3.05, 3.63) is 61.1 Å². The molecule has 2 aromatic carbocycles. The number of rotatable bonds is 4. The first-order valence-electron chi connectivity index (χ1n) is 6.22. The number of phenolic OH excluding ortho intramolecular Hbond substituents is 1. The lowest BCUT2D eigenvalue weighted by molar-refractivity contribution is -0.396. The van der Waals surface area contributed by atoms with E-state index >= 15 is 0 Å². The van der Waals surface area contributed by atoms with Crippen LogP contribution in [0.15, 0.2) is 40.1 Å². The number of benzene rings is 2. The molecule has 0 unspecified atom stereocenters. The Bertz CT molecular complexity index is 949. The van der Waals surface area contributed by atoms with Gasteiger partial charge >= 0.3 is 0 Å². The molecule has 9 nitrogen and oxygen atoms in total. The molecule has 1 N–H and O–H groups in total. The van der Waals surface area contributed by atoms with E-state index < -0.39 is 36.0 Å². The number of hydrogen-bond acceptors (Lipinski definition) is 7. The molecule has 0 aliphatic heterocycles. The summed E-state index contributed by atoms with van der Waals surface area (Å²) >= 11 is 5.74. The van der Waals surface area contributed by atoms with Crippen LogP contribution >= 0.6 is 11.6 Å². The first-order chi connectivity index (χ1) is 11.1. The van der Waals surface area contributed by atoms with Crippen LogP contribution in [0.3, 0.4) is 0 Å². The topological polar surface area (TPSA) is 141 Å². The molecule has 126 valence electrons. The van der Waals surface area contributed by atoms with Crippen LogP contribution in [-0.4, -0.2) is 23.4 Å². The largest absolute Gasteiger partial charge is 0.506 e. The van der Waals surface area contributed by atoms with Gasteiger partial charge in [0.1, 0.15) is 10.6 Å². The van der Waals surface area contributed by atoms with Gasteiger partial charge in [-0.3, -0.25) is 20.2 Å². The number of sulfone groups is 1. The highest BCUT2D eigenvalue weighted by atomic mass is 35.5. The first kappa shape index (κ1) is 17.6. The quantitative estimate of drug-likeness (QED) is 0.642. The average molecular weight is 373 g/mol. The Morgan fingerprint density at radius 1 is 1.08 bits per heavy atom.